The Balaban J connectivity index is 1.85. The van der Waals surface area contributed by atoms with Crippen LogP contribution in [0.1, 0.15) is 38.7 Å². The summed E-state index contributed by atoms with van der Waals surface area (Å²) in [5.41, 5.74) is 3.27. The molecule has 0 amide bonds. The summed E-state index contributed by atoms with van der Waals surface area (Å²) in [7, 11) is 0. The van der Waals surface area contributed by atoms with Crippen LogP contribution in [0.4, 0.5) is 5.69 Å². The molecular formula is C19H25N3. The Morgan fingerprint density at radius 1 is 1.27 bits per heavy atom. The SMILES string of the molecule is [C-]#[N+]c1ccc2[nH]cc(CC3CCCC3N(CC)CC)c2c1. The lowest BCUT2D eigenvalue weighted by Crippen LogP contribution is -2.38. The molecule has 116 valence electrons. The largest absolute Gasteiger partial charge is 0.361 e. The zero-order valence-corrected chi connectivity index (χ0v) is 13.6. The van der Waals surface area contributed by atoms with Gasteiger partial charge in [-0.15, -0.1) is 0 Å². The van der Waals surface area contributed by atoms with E-state index in [1.54, 1.807) is 0 Å². The zero-order chi connectivity index (χ0) is 15.5. The third kappa shape index (κ3) is 2.76. The predicted octanol–water partition coefficient (Wildman–Crippen LogP) is 4.77. The van der Waals surface area contributed by atoms with Gasteiger partial charge in [-0.05, 0) is 61.4 Å². The molecule has 3 heteroatoms. The van der Waals surface area contributed by atoms with Crippen molar-refractivity contribution in [2.24, 2.45) is 5.92 Å². The van der Waals surface area contributed by atoms with Gasteiger partial charge < -0.3 is 9.88 Å². The lowest BCUT2D eigenvalue weighted by Gasteiger charge is -2.31. The van der Waals surface area contributed by atoms with Crippen molar-refractivity contribution in [1.82, 2.24) is 9.88 Å². The Bertz CT molecular complexity index is 676. The number of hydrogen-bond donors (Lipinski definition) is 1. The Hall–Kier alpha value is -1.79. The van der Waals surface area contributed by atoms with Crippen LogP contribution in [0.2, 0.25) is 0 Å². The molecule has 0 saturated heterocycles. The van der Waals surface area contributed by atoms with Crippen LogP contribution in [-0.2, 0) is 6.42 Å². The maximum Gasteiger partial charge on any atom is 0.187 e. The van der Waals surface area contributed by atoms with Crippen LogP contribution >= 0.6 is 0 Å². The molecule has 0 radical (unpaired) electrons. The molecule has 2 aromatic rings. The summed E-state index contributed by atoms with van der Waals surface area (Å²) in [6, 6.07) is 6.69. The minimum absolute atomic E-state index is 0.726. The topological polar surface area (TPSA) is 23.4 Å². The molecule has 0 spiro atoms. The molecule has 1 saturated carbocycles. The van der Waals surface area contributed by atoms with Gasteiger partial charge in [-0.3, -0.25) is 0 Å². The Kier molecular flexibility index (Phi) is 4.49. The minimum atomic E-state index is 0.726. The highest BCUT2D eigenvalue weighted by molar-refractivity contribution is 5.86. The molecule has 3 rings (SSSR count). The standard InChI is InChI=1S/C19H25N3/c1-4-22(5-2)19-8-6-7-14(19)11-15-13-21-18-10-9-16(20-3)12-17(15)18/h9-10,12-14,19,21H,4-8,11H2,1-2H3. The van der Waals surface area contributed by atoms with E-state index in [0.29, 0.717) is 0 Å². The van der Waals surface area contributed by atoms with E-state index in [2.05, 4.69) is 34.8 Å². The number of hydrogen-bond acceptors (Lipinski definition) is 1. The quantitative estimate of drug-likeness (QED) is 0.789. The average molecular weight is 295 g/mol. The van der Waals surface area contributed by atoms with Gasteiger partial charge >= 0.3 is 0 Å². The molecule has 1 aliphatic carbocycles. The second-order valence-corrected chi connectivity index (χ2v) is 6.34. The second-order valence-electron chi connectivity index (χ2n) is 6.34. The van der Waals surface area contributed by atoms with Gasteiger partial charge in [0.25, 0.3) is 0 Å². The maximum absolute atomic E-state index is 7.21. The molecule has 1 aliphatic rings. The normalized spacial score (nSPS) is 21.5. The van der Waals surface area contributed by atoms with E-state index < -0.39 is 0 Å². The van der Waals surface area contributed by atoms with Gasteiger partial charge in [-0.1, -0.05) is 26.3 Å². The van der Waals surface area contributed by atoms with Crippen LogP contribution < -0.4 is 0 Å². The summed E-state index contributed by atoms with van der Waals surface area (Å²) in [5.74, 6) is 0.746. The van der Waals surface area contributed by atoms with E-state index in [0.717, 1.165) is 42.7 Å². The van der Waals surface area contributed by atoms with Crippen molar-refractivity contribution in [1.29, 1.82) is 0 Å². The number of benzene rings is 1. The fourth-order valence-electron chi connectivity index (χ4n) is 4.12. The zero-order valence-electron chi connectivity index (χ0n) is 13.6. The third-order valence-electron chi connectivity index (χ3n) is 5.26. The van der Waals surface area contributed by atoms with E-state index in [-0.39, 0.29) is 0 Å². The first-order valence-corrected chi connectivity index (χ1v) is 8.48. The lowest BCUT2D eigenvalue weighted by molar-refractivity contribution is 0.176. The van der Waals surface area contributed by atoms with E-state index in [9.17, 15) is 0 Å². The van der Waals surface area contributed by atoms with Gasteiger partial charge in [0.05, 0.1) is 6.57 Å². The summed E-state index contributed by atoms with van der Waals surface area (Å²) in [6.07, 6.45) is 7.29. The smallest absolute Gasteiger partial charge is 0.187 e. The Labute approximate surface area is 133 Å². The third-order valence-corrected chi connectivity index (χ3v) is 5.26. The van der Waals surface area contributed by atoms with Crippen molar-refractivity contribution in [3.8, 4) is 0 Å². The molecule has 2 atom stereocenters. The van der Waals surface area contributed by atoms with Crippen LogP contribution in [-0.4, -0.2) is 29.0 Å². The molecule has 3 nitrogen and oxygen atoms in total. The van der Waals surface area contributed by atoms with Gasteiger partial charge in [0.2, 0.25) is 0 Å². The highest BCUT2D eigenvalue weighted by atomic mass is 15.1. The van der Waals surface area contributed by atoms with Gasteiger partial charge in [0.15, 0.2) is 5.69 Å². The second kappa shape index (κ2) is 6.54. The van der Waals surface area contributed by atoms with Crippen molar-refractivity contribution >= 4 is 16.6 Å². The number of rotatable bonds is 5. The van der Waals surface area contributed by atoms with Crippen LogP contribution in [0.25, 0.3) is 15.7 Å². The molecule has 0 aliphatic heterocycles. The van der Waals surface area contributed by atoms with Crippen LogP contribution in [0.3, 0.4) is 0 Å². The number of fused-ring (bicyclic) bond motifs is 1. The maximum atomic E-state index is 7.21. The van der Waals surface area contributed by atoms with Gasteiger partial charge in [-0.2, -0.15) is 0 Å². The van der Waals surface area contributed by atoms with Gasteiger partial charge in [-0.25, -0.2) is 4.85 Å². The average Bonchev–Trinajstić information content (AvgIpc) is 3.16. The van der Waals surface area contributed by atoms with E-state index in [1.807, 2.05) is 18.2 Å². The molecule has 0 bridgehead atoms. The van der Waals surface area contributed by atoms with Crippen molar-refractivity contribution in [3.05, 3.63) is 41.4 Å². The summed E-state index contributed by atoms with van der Waals surface area (Å²) in [4.78, 5) is 9.56. The molecule has 1 aromatic heterocycles. The van der Waals surface area contributed by atoms with Gasteiger partial charge in [0.1, 0.15) is 0 Å². The fraction of sp³-hybridized carbons (Fsp3) is 0.526. The molecule has 1 aromatic carbocycles. The Morgan fingerprint density at radius 3 is 2.82 bits per heavy atom. The van der Waals surface area contributed by atoms with Crippen molar-refractivity contribution in [3.63, 3.8) is 0 Å². The summed E-state index contributed by atoms with van der Waals surface area (Å²) in [6.45, 7) is 14.0. The number of nitrogens with zero attached hydrogens (tertiary/aromatic N) is 2. The highest BCUT2D eigenvalue weighted by Gasteiger charge is 2.31. The fourth-order valence-corrected chi connectivity index (χ4v) is 4.12. The number of aromatic nitrogens is 1. The monoisotopic (exact) mass is 295 g/mol. The molecular weight excluding hydrogens is 270 g/mol. The first-order valence-electron chi connectivity index (χ1n) is 8.48. The molecule has 1 fully saturated rings. The summed E-state index contributed by atoms with van der Waals surface area (Å²) in [5, 5.41) is 1.23. The highest BCUT2D eigenvalue weighted by Crippen LogP contribution is 2.34. The number of nitrogens with one attached hydrogen (secondary N) is 1. The van der Waals surface area contributed by atoms with E-state index >= 15 is 0 Å². The van der Waals surface area contributed by atoms with E-state index in [4.69, 9.17) is 6.57 Å². The van der Waals surface area contributed by atoms with Gasteiger partial charge in [0, 0.05) is 17.8 Å². The van der Waals surface area contributed by atoms with Crippen LogP contribution in [0.15, 0.2) is 24.4 Å². The molecule has 1 heterocycles. The number of aromatic amines is 1. The van der Waals surface area contributed by atoms with Crippen molar-refractivity contribution in [2.75, 3.05) is 13.1 Å². The Morgan fingerprint density at radius 2 is 2.09 bits per heavy atom. The molecule has 22 heavy (non-hydrogen) atoms. The number of H-pyrrole nitrogens is 1. The minimum Gasteiger partial charge on any atom is -0.361 e. The van der Waals surface area contributed by atoms with Crippen molar-refractivity contribution < 1.29 is 0 Å². The first-order chi connectivity index (χ1) is 10.8. The lowest BCUT2D eigenvalue weighted by atomic mass is 9.93. The van der Waals surface area contributed by atoms with E-state index in [1.165, 1.54) is 30.2 Å². The van der Waals surface area contributed by atoms with Crippen LogP contribution in [0.5, 0.6) is 0 Å². The first kappa shape index (κ1) is 15.1. The van der Waals surface area contributed by atoms with Crippen LogP contribution in [0, 0.1) is 12.5 Å². The summed E-state index contributed by atoms with van der Waals surface area (Å²) >= 11 is 0. The predicted molar refractivity (Wildman–Crippen MR) is 92.3 cm³/mol. The van der Waals surface area contributed by atoms with Crippen molar-refractivity contribution in [2.45, 2.75) is 45.6 Å². The molecule has 2 unspecified atom stereocenters. The summed E-state index contributed by atoms with van der Waals surface area (Å²) < 4.78 is 0. The molecule has 1 N–H and O–H groups in total.